The summed E-state index contributed by atoms with van der Waals surface area (Å²) in [6, 6.07) is 12.7. The molecule has 4 rings (SSSR count). The van der Waals surface area contributed by atoms with Crippen LogP contribution in [-0.4, -0.2) is 68.9 Å². The Labute approximate surface area is 178 Å². The SMILES string of the molecule is COc1ccc2cc(-c3ccnc(CCCN(C)C)n3)cc(N3CCOCC3)c2c1. The summed E-state index contributed by atoms with van der Waals surface area (Å²) in [5.74, 6) is 1.77. The molecule has 0 bridgehead atoms. The van der Waals surface area contributed by atoms with Crippen LogP contribution in [0.15, 0.2) is 42.6 Å². The van der Waals surface area contributed by atoms with Crippen LogP contribution in [0.1, 0.15) is 12.2 Å². The molecule has 0 saturated carbocycles. The van der Waals surface area contributed by atoms with Gasteiger partial charge >= 0.3 is 0 Å². The molecule has 0 unspecified atom stereocenters. The molecule has 30 heavy (non-hydrogen) atoms. The summed E-state index contributed by atoms with van der Waals surface area (Å²) in [6.07, 6.45) is 3.81. The first kappa shape index (κ1) is 20.6. The fourth-order valence-corrected chi connectivity index (χ4v) is 3.89. The molecule has 1 aliphatic rings. The maximum Gasteiger partial charge on any atom is 0.128 e. The van der Waals surface area contributed by atoms with Crippen LogP contribution >= 0.6 is 0 Å². The zero-order chi connectivity index (χ0) is 20.9. The van der Waals surface area contributed by atoms with Crippen molar-refractivity contribution in [2.45, 2.75) is 12.8 Å². The van der Waals surface area contributed by atoms with E-state index in [1.807, 2.05) is 18.3 Å². The second kappa shape index (κ2) is 9.41. The van der Waals surface area contributed by atoms with Gasteiger partial charge < -0.3 is 19.3 Å². The number of rotatable bonds is 7. The summed E-state index contributed by atoms with van der Waals surface area (Å²) in [5.41, 5.74) is 3.29. The lowest BCUT2D eigenvalue weighted by Gasteiger charge is -2.30. The maximum atomic E-state index is 5.57. The van der Waals surface area contributed by atoms with E-state index in [0.717, 1.165) is 68.5 Å². The lowest BCUT2D eigenvalue weighted by Crippen LogP contribution is -2.36. The molecule has 2 aromatic carbocycles. The van der Waals surface area contributed by atoms with E-state index in [1.54, 1.807) is 7.11 Å². The van der Waals surface area contributed by atoms with Gasteiger partial charge in [0, 0.05) is 42.3 Å². The van der Waals surface area contributed by atoms with Crippen molar-refractivity contribution in [1.82, 2.24) is 14.9 Å². The summed E-state index contributed by atoms with van der Waals surface area (Å²) < 4.78 is 11.1. The second-order valence-corrected chi connectivity index (χ2v) is 7.95. The van der Waals surface area contributed by atoms with Gasteiger partial charge in [-0.1, -0.05) is 6.07 Å². The molecule has 3 aromatic rings. The van der Waals surface area contributed by atoms with E-state index >= 15 is 0 Å². The van der Waals surface area contributed by atoms with E-state index in [-0.39, 0.29) is 0 Å². The van der Waals surface area contributed by atoms with E-state index in [1.165, 1.54) is 16.5 Å². The fraction of sp³-hybridized carbons (Fsp3) is 0.417. The van der Waals surface area contributed by atoms with Crippen LogP contribution in [0, 0.1) is 0 Å². The van der Waals surface area contributed by atoms with Crippen LogP contribution in [0.2, 0.25) is 0 Å². The number of benzene rings is 2. The molecule has 158 valence electrons. The van der Waals surface area contributed by atoms with Crippen molar-refractivity contribution in [3.63, 3.8) is 0 Å². The smallest absolute Gasteiger partial charge is 0.128 e. The molecule has 1 aliphatic heterocycles. The Morgan fingerprint density at radius 3 is 2.70 bits per heavy atom. The van der Waals surface area contributed by atoms with Crippen molar-refractivity contribution in [3.05, 3.63) is 48.4 Å². The minimum atomic E-state index is 0.749. The largest absolute Gasteiger partial charge is 0.497 e. The number of ether oxygens (including phenoxy) is 2. The number of hydrogen-bond donors (Lipinski definition) is 0. The molecule has 1 aromatic heterocycles. The molecule has 0 aliphatic carbocycles. The Kier molecular flexibility index (Phi) is 6.45. The standard InChI is InChI=1S/C24H30N4O2/c1-27(2)10-4-5-24-25-9-8-22(26-24)19-15-18-6-7-20(29-3)17-21(18)23(16-19)28-11-13-30-14-12-28/h6-9,15-17H,4-5,10-14H2,1-3H3. The van der Waals surface area contributed by atoms with Gasteiger partial charge in [0.15, 0.2) is 0 Å². The van der Waals surface area contributed by atoms with Crippen molar-refractivity contribution in [1.29, 1.82) is 0 Å². The van der Waals surface area contributed by atoms with E-state index in [2.05, 4.69) is 53.1 Å². The average molecular weight is 407 g/mol. The van der Waals surface area contributed by atoms with Crippen LogP contribution in [0.3, 0.4) is 0 Å². The molecule has 0 amide bonds. The molecular formula is C24H30N4O2. The summed E-state index contributed by atoms with van der Waals surface area (Å²) in [6.45, 7) is 4.30. The normalized spacial score (nSPS) is 14.5. The third kappa shape index (κ3) is 4.71. The highest BCUT2D eigenvalue weighted by atomic mass is 16.5. The predicted molar refractivity (Wildman–Crippen MR) is 121 cm³/mol. The Morgan fingerprint density at radius 2 is 1.93 bits per heavy atom. The minimum Gasteiger partial charge on any atom is -0.497 e. The molecule has 0 spiro atoms. The molecule has 0 radical (unpaired) electrons. The number of nitrogens with zero attached hydrogens (tertiary/aromatic N) is 4. The molecule has 1 fully saturated rings. The fourth-order valence-electron chi connectivity index (χ4n) is 3.89. The number of fused-ring (bicyclic) bond motifs is 1. The summed E-state index contributed by atoms with van der Waals surface area (Å²) in [4.78, 5) is 13.9. The lowest BCUT2D eigenvalue weighted by molar-refractivity contribution is 0.123. The topological polar surface area (TPSA) is 50.7 Å². The molecule has 0 N–H and O–H groups in total. The monoisotopic (exact) mass is 406 g/mol. The Bertz CT molecular complexity index is 1000. The van der Waals surface area contributed by atoms with E-state index in [9.17, 15) is 0 Å². The van der Waals surface area contributed by atoms with Crippen molar-refractivity contribution < 1.29 is 9.47 Å². The quantitative estimate of drug-likeness (QED) is 0.597. The predicted octanol–water partition coefficient (Wildman–Crippen LogP) is 3.64. The van der Waals surface area contributed by atoms with Gasteiger partial charge in [0.1, 0.15) is 11.6 Å². The Morgan fingerprint density at radius 1 is 1.10 bits per heavy atom. The van der Waals surface area contributed by atoms with E-state index in [0.29, 0.717) is 0 Å². The van der Waals surface area contributed by atoms with Gasteiger partial charge in [-0.25, -0.2) is 9.97 Å². The number of aromatic nitrogens is 2. The van der Waals surface area contributed by atoms with Gasteiger partial charge in [0.25, 0.3) is 0 Å². The van der Waals surface area contributed by atoms with Gasteiger partial charge in [-0.05, 0) is 62.8 Å². The van der Waals surface area contributed by atoms with E-state index in [4.69, 9.17) is 14.5 Å². The van der Waals surface area contributed by atoms with Gasteiger partial charge in [-0.3, -0.25) is 0 Å². The zero-order valence-electron chi connectivity index (χ0n) is 18.1. The third-order valence-corrected chi connectivity index (χ3v) is 5.50. The van der Waals surface area contributed by atoms with Crippen LogP contribution in [0.5, 0.6) is 5.75 Å². The maximum absolute atomic E-state index is 5.57. The van der Waals surface area contributed by atoms with Gasteiger partial charge in [-0.15, -0.1) is 0 Å². The molecular weight excluding hydrogens is 376 g/mol. The van der Waals surface area contributed by atoms with Crippen LogP contribution in [-0.2, 0) is 11.2 Å². The summed E-state index contributed by atoms with van der Waals surface area (Å²) in [5, 5.41) is 2.38. The van der Waals surface area contributed by atoms with Crippen molar-refractivity contribution in [2.24, 2.45) is 0 Å². The zero-order valence-corrected chi connectivity index (χ0v) is 18.1. The number of anilines is 1. The molecule has 6 heteroatoms. The molecule has 1 saturated heterocycles. The van der Waals surface area contributed by atoms with Gasteiger partial charge in [-0.2, -0.15) is 0 Å². The molecule has 6 nitrogen and oxygen atoms in total. The third-order valence-electron chi connectivity index (χ3n) is 5.50. The Hall–Kier alpha value is -2.70. The highest BCUT2D eigenvalue weighted by Crippen LogP contribution is 2.35. The van der Waals surface area contributed by atoms with Gasteiger partial charge in [0.05, 0.1) is 26.0 Å². The van der Waals surface area contributed by atoms with Crippen molar-refractivity contribution >= 4 is 16.5 Å². The van der Waals surface area contributed by atoms with Crippen LogP contribution in [0.25, 0.3) is 22.0 Å². The van der Waals surface area contributed by atoms with Crippen molar-refractivity contribution in [2.75, 3.05) is 59.0 Å². The second-order valence-electron chi connectivity index (χ2n) is 7.95. The van der Waals surface area contributed by atoms with Gasteiger partial charge in [0.2, 0.25) is 0 Å². The number of methoxy groups -OCH3 is 1. The van der Waals surface area contributed by atoms with Crippen LogP contribution in [0.4, 0.5) is 5.69 Å². The molecule has 0 atom stereocenters. The number of morpholine rings is 1. The average Bonchev–Trinajstić information content (AvgIpc) is 2.78. The lowest BCUT2D eigenvalue weighted by atomic mass is 10.0. The Balaban J connectivity index is 1.72. The highest BCUT2D eigenvalue weighted by Gasteiger charge is 2.17. The number of hydrogen-bond acceptors (Lipinski definition) is 6. The molecule has 2 heterocycles. The summed E-state index contributed by atoms with van der Waals surface area (Å²) >= 11 is 0. The van der Waals surface area contributed by atoms with E-state index < -0.39 is 0 Å². The van der Waals surface area contributed by atoms with Crippen LogP contribution < -0.4 is 9.64 Å². The summed E-state index contributed by atoms with van der Waals surface area (Å²) in [7, 11) is 5.89. The van der Waals surface area contributed by atoms with Crippen molar-refractivity contribution in [3.8, 4) is 17.0 Å². The minimum absolute atomic E-state index is 0.749. The highest BCUT2D eigenvalue weighted by molar-refractivity contribution is 5.98. The first-order valence-corrected chi connectivity index (χ1v) is 10.6. The number of aryl methyl sites for hydroxylation is 1. The first-order chi connectivity index (χ1) is 14.6. The first-order valence-electron chi connectivity index (χ1n) is 10.6.